The van der Waals surface area contributed by atoms with Crippen molar-refractivity contribution in [1.29, 1.82) is 0 Å². The number of carbonyl (C=O) groups excluding carboxylic acids is 2. The van der Waals surface area contributed by atoms with E-state index in [2.05, 4.69) is 41.4 Å². The van der Waals surface area contributed by atoms with Gasteiger partial charge in [0, 0.05) is 17.7 Å². The fourth-order valence-corrected chi connectivity index (χ4v) is 7.19. The smallest absolute Gasteiger partial charge is 0.301 e. The Morgan fingerprint density at radius 3 is 2.73 bits per heavy atom. The first-order valence-electron chi connectivity index (χ1n) is 14.7. The van der Waals surface area contributed by atoms with Crippen molar-refractivity contribution in [2.45, 2.75) is 62.3 Å². The lowest BCUT2D eigenvalue weighted by Gasteiger charge is -2.23. The molecule has 4 aromatic rings. The van der Waals surface area contributed by atoms with Gasteiger partial charge in [0.05, 0.1) is 18.2 Å². The topological polar surface area (TPSA) is 102 Å². The molecule has 0 spiro atoms. The number of fused-ring (bicyclic) bond motifs is 1. The standard InChI is InChI=1S/C34H33N3O5S2/c1-4-5-15-41-26-8-6-7-23(18-26)29-28(30(38)24-13-14-27-25(17-24)16-21(3)42-27)31(39)32(40)37(29)33-35-36-34(44-33)43-19-22-11-9-20(2)10-12-22/h6-14,17-18,21,29,38H,4-5,15-16,19H2,1-3H3/t21-,29-/m0/s1. The van der Waals surface area contributed by atoms with Crippen LogP contribution in [0.15, 0.2) is 76.6 Å². The van der Waals surface area contributed by atoms with Gasteiger partial charge in [-0.1, -0.05) is 78.4 Å². The molecule has 1 saturated heterocycles. The number of nitrogens with zero attached hydrogens (tertiary/aromatic N) is 3. The second-order valence-electron chi connectivity index (χ2n) is 11.0. The maximum Gasteiger partial charge on any atom is 0.301 e. The normalized spacial score (nSPS) is 18.8. The van der Waals surface area contributed by atoms with E-state index in [-0.39, 0.29) is 22.6 Å². The minimum Gasteiger partial charge on any atom is -0.507 e. The predicted molar refractivity (Wildman–Crippen MR) is 173 cm³/mol. The summed E-state index contributed by atoms with van der Waals surface area (Å²) in [6.45, 7) is 6.67. The van der Waals surface area contributed by atoms with Crippen LogP contribution in [0.25, 0.3) is 5.76 Å². The second-order valence-corrected chi connectivity index (χ2v) is 13.2. The molecule has 226 valence electrons. The third-order valence-corrected chi connectivity index (χ3v) is 9.77. The van der Waals surface area contributed by atoms with Gasteiger partial charge in [0.2, 0.25) is 5.13 Å². The van der Waals surface area contributed by atoms with Crippen LogP contribution in [-0.2, 0) is 21.8 Å². The molecule has 10 heteroatoms. The van der Waals surface area contributed by atoms with Gasteiger partial charge in [0.1, 0.15) is 23.4 Å². The van der Waals surface area contributed by atoms with E-state index in [1.165, 1.54) is 33.6 Å². The Labute approximate surface area is 264 Å². The van der Waals surface area contributed by atoms with Crippen molar-refractivity contribution in [3.8, 4) is 11.5 Å². The van der Waals surface area contributed by atoms with Gasteiger partial charge < -0.3 is 14.6 Å². The van der Waals surface area contributed by atoms with Crippen LogP contribution in [0.3, 0.4) is 0 Å². The fraction of sp³-hybridized carbons (Fsp3) is 0.294. The third kappa shape index (κ3) is 6.09. The zero-order chi connectivity index (χ0) is 30.8. The van der Waals surface area contributed by atoms with Gasteiger partial charge >= 0.3 is 5.91 Å². The van der Waals surface area contributed by atoms with Crippen molar-refractivity contribution in [1.82, 2.24) is 10.2 Å². The molecule has 2 atom stereocenters. The van der Waals surface area contributed by atoms with Crippen LogP contribution in [0.4, 0.5) is 5.13 Å². The number of hydrogen-bond acceptors (Lipinski definition) is 9. The molecule has 6 rings (SSSR count). The van der Waals surface area contributed by atoms with Crippen molar-refractivity contribution in [3.05, 3.63) is 100 Å². The van der Waals surface area contributed by atoms with Crippen LogP contribution in [-0.4, -0.2) is 39.7 Å². The number of aryl methyl sites for hydroxylation is 1. The highest BCUT2D eigenvalue weighted by Crippen LogP contribution is 2.45. The molecule has 0 bridgehead atoms. The van der Waals surface area contributed by atoms with Crippen LogP contribution in [0.5, 0.6) is 11.5 Å². The number of unbranched alkanes of at least 4 members (excludes halogenated alkanes) is 1. The van der Waals surface area contributed by atoms with Gasteiger partial charge in [-0.15, -0.1) is 10.2 Å². The van der Waals surface area contributed by atoms with Gasteiger partial charge in [-0.25, -0.2) is 0 Å². The Hall–Kier alpha value is -4.15. The number of ketones is 1. The summed E-state index contributed by atoms with van der Waals surface area (Å²) in [7, 11) is 0. The number of rotatable bonds is 10. The molecule has 44 heavy (non-hydrogen) atoms. The van der Waals surface area contributed by atoms with Crippen molar-refractivity contribution in [2.75, 3.05) is 11.5 Å². The van der Waals surface area contributed by atoms with Gasteiger partial charge in [-0.3, -0.25) is 14.5 Å². The molecule has 1 amide bonds. The highest BCUT2D eigenvalue weighted by molar-refractivity contribution is 8.00. The monoisotopic (exact) mass is 627 g/mol. The van der Waals surface area contributed by atoms with Crippen LogP contribution in [0.1, 0.15) is 60.5 Å². The maximum atomic E-state index is 13.7. The van der Waals surface area contributed by atoms with E-state index >= 15 is 0 Å². The SMILES string of the molecule is CCCCOc1cccc([C@H]2C(=C(O)c3ccc4c(c3)C[C@H](C)O4)C(=O)C(=O)N2c2nnc(SCc3ccc(C)cc3)s2)c1. The molecule has 3 aromatic carbocycles. The number of carbonyl (C=O) groups is 2. The third-order valence-electron chi connectivity index (χ3n) is 7.64. The van der Waals surface area contributed by atoms with E-state index in [0.717, 1.165) is 29.7 Å². The Balaban J connectivity index is 1.38. The fourth-order valence-electron chi connectivity index (χ4n) is 5.37. The number of anilines is 1. The molecular formula is C34H33N3O5S2. The largest absolute Gasteiger partial charge is 0.507 e. The first kappa shape index (κ1) is 29.9. The summed E-state index contributed by atoms with van der Waals surface area (Å²) in [5.74, 6) is 0.282. The number of Topliss-reactive ketones (excluding diaryl/α,β-unsaturated/α-hetero) is 1. The molecule has 3 heterocycles. The van der Waals surface area contributed by atoms with Gasteiger partial charge in [-0.2, -0.15) is 0 Å². The zero-order valence-electron chi connectivity index (χ0n) is 24.8. The number of aromatic nitrogens is 2. The zero-order valence-corrected chi connectivity index (χ0v) is 26.4. The average Bonchev–Trinajstić information content (AvgIpc) is 3.71. The minimum absolute atomic E-state index is 0.00307. The average molecular weight is 628 g/mol. The highest BCUT2D eigenvalue weighted by atomic mass is 32.2. The van der Waals surface area contributed by atoms with E-state index in [1.54, 1.807) is 12.1 Å². The lowest BCUT2D eigenvalue weighted by Crippen LogP contribution is -2.29. The first-order chi connectivity index (χ1) is 21.3. The van der Waals surface area contributed by atoms with Crippen LogP contribution in [0, 0.1) is 6.92 Å². The predicted octanol–water partition coefficient (Wildman–Crippen LogP) is 7.27. The highest BCUT2D eigenvalue weighted by Gasteiger charge is 2.48. The Kier molecular flexibility index (Phi) is 8.72. The summed E-state index contributed by atoms with van der Waals surface area (Å²) in [6.07, 6.45) is 2.61. The minimum atomic E-state index is -0.920. The van der Waals surface area contributed by atoms with Crippen molar-refractivity contribution in [2.24, 2.45) is 0 Å². The van der Waals surface area contributed by atoms with Gasteiger partial charge in [0.25, 0.3) is 5.78 Å². The van der Waals surface area contributed by atoms with E-state index < -0.39 is 17.7 Å². The number of thioether (sulfide) groups is 1. The molecule has 0 saturated carbocycles. The Morgan fingerprint density at radius 1 is 1.11 bits per heavy atom. The van der Waals surface area contributed by atoms with E-state index in [9.17, 15) is 14.7 Å². The summed E-state index contributed by atoms with van der Waals surface area (Å²) < 4.78 is 12.5. The molecule has 0 radical (unpaired) electrons. The molecular weight excluding hydrogens is 595 g/mol. The summed E-state index contributed by atoms with van der Waals surface area (Å²) in [5.41, 5.74) is 4.35. The van der Waals surface area contributed by atoms with Crippen LogP contribution < -0.4 is 14.4 Å². The molecule has 0 unspecified atom stereocenters. The number of amides is 1. The molecule has 1 fully saturated rings. The lowest BCUT2D eigenvalue weighted by molar-refractivity contribution is -0.132. The number of benzene rings is 3. The molecule has 0 aliphatic carbocycles. The quantitative estimate of drug-likeness (QED) is 0.0489. The Bertz CT molecular complexity index is 1730. The van der Waals surface area contributed by atoms with Crippen LogP contribution >= 0.6 is 23.1 Å². The number of ether oxygens (including phenoxy) is 2. The summed E-state index contributed by atoms with van der Waals surface area (Å²) >= 11 is 2.76. The van der Waals surface area contributed by atoms with Gasteiger partial charge in [-0.05, 0) is 67.3 Å². The summed E-state index contributed by atoms with van der Waals surface area (Å²) in [5, 5.41) is 20.6. The summed E-state index contributed by atoms with van der Waals surface area (Å²) in [4.78, 5) is 28.7. The summed E-state index contributed by atoms with van der Waals surface area (Å²) in [6, 6.07) is 20.0. The number of aliphatic hydroxyl groups is 1. The first-order valence-corrected chi connectivity index (χ1v) is 16.5. The number of aliphatic hydroxyl groups excluding tert-OH is 1. The van der Waals surface area contributed by atoms with E-state index in [4.69, 9.17) is 9.47 Å². The van der Waals surface area contributed by atoms with Gasteiger partial charge in [0.15, 0.2) is 4.34 Å². The Morgan fingerprint density at radius 2 is 1.93 bits per heavy atom. The molecule has 8 nitrogen and oxygen atoms in total. The van der Waals surface area contributed by atoms with Crippen LogP contribution in [0.2, 0.25) is 0 Å². The van der Waals surface area contributed by atoms with E-state index in [0.29, 0.717) is 40.0 Å². The van der Waals surface area contributed by atoms with Crippen molar-refractivity contribution in [3.63, 3.8) is 0 Å². The number of hydrogen-bond donors (Lipinski definition) is 1. The second kappa shape index (κ2) is 12.8. The maximum absolute atomic E-state index is 13.7. The lowest BCUT2D eigenvalue weighted by atomic mass is 9.94. The molecule has 2 aliphatic heterocycles. The molecule has 1 aromatic heterocycles. The molecule has 2 aliphatic rings. The van der Waals surface area contributed by atoms with E-state index in [1.807, 2.05) is 44.2 Å². The van der Waals surface area contributed by atoms with Crippen molar-refractivity contribution < 1.29 is 24.2 Å². The van der Waals surface area contributed by atoms with Crippen molar-refractivity contribution >= 4 is 45.7 Å². The molecule has 1 N–H and O–H groups in total.